The van der Waals surface area contributed by atoms with Crippen LogP contribution in [0.4, 0.5) is 0 Å². The average molecular weight is 271 g/mol. The predicted molar refractivity (Wildman–Crippen MR) is 80.5 cm³/mol. The van der Waals surface area contributed by atoms with Crippen molar-refractivity contribution in [2.45, 2.75) is 32.2 Å². The molecular weight excluding hydrogens is 250 g/mol. The number of hydrogen-bond donors (Lipinski definition) is 1. The molecule has 1 unspecified atom stereocenters. The lowest BCUT2D eigenvalue weighted by Gasteiger charge is -2.12. The summed E-state index contributed by atoms with van der Waals surface area (Å²) in [5, 5.41) is 3.52. The van der Waals surface area contributed by atoms with Gasteiger partial charge in [-0.2, -0.15) is 0 Å². The van der Waals surface area contributed by atoms with E-state index in [1.165, 1.54) is 18.4 Å². The van der Waals surface area contributed by atoms with Gasteiger partial charge in [-0.05, 0) is 50.4 Å². The van der Waals surface area contributed by atoms with E-state index >= 15 is 0 Å². The van der Waals surface area contributed by atoms with Crippen molar-refractivity contribution in [2.24, 2.45) is 7.05 Å². The highest BCUT2D eigenvalue weighted by molar-refractivity contribution is 5.37. The van der Waals surface area contributed by atoms with Gasteiger partial charge in [-0.3, -0.25) is 4.57 Å². The second-order valence-electron chi connectivity index (χ2n) is 5.67. The largest absolute Gasteiger partial charge is 0.332 e. The first-order valence-electron chi connectivity index (χ1n) is 7.23. The van der Waals surface area contributed by atoms with Crippen LogP contribution in [-0.4, -0.2) is 21.7 Å². The molecule has 2 aromatic rings. The molecule has 3 rings (SSSR count). The minimum atomic E-state index is 0.0126. The van der Waals surface area contributed by atoms with Crippen molar-refractivity contribution in [3.63, 3.8) is 0 Å². The minimum absolute atomic E-state index is 0.0126. The number of imidazole rings is 1. The van der Waals surface area contributed by atoms with E-state index in [1.807, 2.05) is 25.3 Å². The zero-order valence-electron chi connectivity index (χ0n) is 12.1. The van der Waals surface area contributed by atoms with Crippen LogP contribution in [0.15, 0.2) is 35.3 Å². The summed E-state index contributed by atoms with van der Waals surface area (Å²) in [6.07, 6.45) is 5.41. The zero-order valence-corrected chi connectivity index (χ0v) is 12.1. The lowest BCUT2D eigenvalue weighted by molar-refractivity contribution is 0.603. The fourth-order valence-corrected chi connectivity index (χ4v) is 3.05. The summed E-state index contributed by atoms with van der Waals surface area (Å²) in [4.78, 5) is 12.2. The van der Waals surface area contributed by atoms with Gasteiger partial charge >= 0.3 is 5.69 Å². The Balaban J connectivity index is 1.92. The van der Waals surface area contributed by atoms with E-state index in [9.17, 15) is 4.79 Å². The SMILES string of the molecule is Cc1cn(C)c(=O)n1-c1cccc(CC2CCCN2)c1. The summed E-state index contributed by atoms with van der Waals surface area (Å²) in [5.74, 6) is 0. The highest BCUT2D eigenvalue weighted by Crippen LogP contribution is 2.16. The summed E-state index contributed by atoms with van der Waals surface area (Å²) < 4.78 is 3.39. The average Bonchev–Trinajstić information content (AvgIpc) is 3.00. The molecule has 1 aromatic heterocycles. The zero-order chi connectivity index (χ0) is 14.1. The summed E-state index contributed by atoms with van der Waals surface area (Å²) in [7, 11) is 1.79. The number of aromatic nitrogens is 2. The first-order valence-corrected chi connectivity index (χ1v) is 7.23. The van der Waals surface area contributed by atoms with Crippen LogP contribution in [0.1, 0.15) is 24.1 Å². The maximum atomic E-state index is 12.2. The molecule has 0 amide bonds. The third kappa shape index (κ3) is 2.43. The van der Waals surface area contributed by atoms with E-state index in [0.717, 1.165) is 24.3 Å². The van der Waals surface area contributed by atoms with Crippen molar-refractivity contribution in [3.8, 4) is 5.69 Å². The number of nitrogens with one attached hydrogen (secondary N) is 1. The van der Waals surface area contributed by atoms with Crippen LogP contribution in [0.3, 0.4) is 0 Å². The van der Waals surface area contributed by atoms with Crippen LogP contribution in [0.2, 0.25) is 0 Å². The molecule has 1 saturated heterocycles. The van der Waals surface area contributed by atoms with Crippen molar-refractivity contribution in [3.05, 3.63) is 52.2 Å². The lowest BCUT2D eigenvalue weighted by atomic mass is 10.0. The normalized spacial score (nSPS) is 18.6. The molecule has 0 spiro atoms. The molecule has 20 heavy (non-hydrogen) atoms. The van der Waals surface area contributed by atoms with Gasteiger partial charge in [-0.25, -0.2) is 4.79 Å². The monoisotopic (exact) mass is 271 g/mol. The summed E-state index contributed by atoms with van der Waals surface area (Å²) in [5.41, 5.74) is 3.23. The van der Waals surface area contributed by atoms with Crippen molar-refractivity contribution >= 4 is 0 Å². The van der Waals surface area contributed by atoms with E-state index in [1.54, 1.807) is 16.2 Å². The maximum Gasteiger partial charge on any atom is 0.332 e. The minimum Gasteiger partial charge on any atom is -0.314 e. The van der Waals surface area contributed by atoms with Gasteiger partial charge in [0.2, 0.25) is 0 Å². The topological polar surface area (TPSA) is 39.0 Å². The molecule has 106 valence electrons. The Kier molecular flexibility index (Phi) is 3.49. The molecule has 1 aromatic carbocycles. The molecule has 1 fully saturated rings. The first kappa shape index (κ1) is 13.2. The van der Waals surface area contributed by atoms with Crippen LogP contribution < -0.4 is 11.0 Å². The molecule has 0 radical (unpaired) electrons. The lowest BCUT2D eigenvalue weighted by Crippen LogP contribution is -2.24. The van der Waals surface area contributed by atoms with Crippen molar-refractivity contribution in [1.82, 2.24) is 14.5 Å². The quantitative estimate of drug-likeness (QED) is 0.924. The Labute approximate surface area is 119 Å². The Morgan fingerprint density at radius 1 is 1.40 bits per heavy atom. The van der Waals surface area contributed by atoms with Gasteiger partial charge in [-0.1, -0.05) is 12.1 Å². The standard InChI is InChI=1S/C16H21N3O/c1-12-11-18(2)16(20)19(12)15-7-3-5-13(10-15)9-14-6-4-8-17-14/h3,5,7,10-11,14,17H,4,6,8-9H2,1-2H3. The van der Waals surface area contributed by atoms with Crippen molar-refractivity contribution in [1.29, 1.82) is 0 Å². The van der Waals surface area contributed by atoms with E-state index < -0.39 is 0 Å². The summed E-state index contributed by atoms with van der Waals surface area (Å²) in [6.45, 7) is 3.09. The number of nitrogens with zero attached hydrogens (tertiary/aromatic N) is 2. The van der Waals surface area contributed by atoms with Gasteiger partial charge in [0.15, 0.2) is 0 Å². The Morgan fingerprint density at radius 3 is 2.90 bits per heavy atom. The van der Waals surface area contributed by atoms with E-state index in [-0.39, 0.29) is 5.69 Å². The molecule has 1 N–H and O–H groups in total. The number of rotatable bonds is 3. The van der Waals surface area contributed by atoms with E-state index in [0.29, 0.717) is 6.04 Å². The third-order valence-corrected chi connectivity index (χ3v) is 4.04. The van der Waals surface area contributed by atoms with Gasteiger partial charge in [0.25, 0.3) is 0 Å². The van der Waals surface area contributed by atoms with E-state index in [4.69, 9.17) is 0 Å². The Bertz CT molecular complexity index is 663. The van der Waals surface area contributed by atoms with Gasteiger partial charge in [-0.15, -0.1) is 0 Å². The molecule has 0 bridgehead atoms. The number of hydrogen-bond acceptors (Lipinski definition) is 2. The fraction of sp³-hybridized carbons (Fsp3) is 0.438. The van der Waals surface area contributed by atoms with Gasteiger partial charge in [0.1, 0.15) is 0 Å². The second kappa shape index (κ2) is 5.29. The number of benzene rings is 1. The molecular formula is C16H21N3O. The first-order chi connectivity index (χ1) is 9.65. The van der Waals surface area contributed by atoms with Crippen LogP contribution >= 0.6 is 0 Å². The third-order valence-electron chi connectivity index (χ3n) is 4.04. The molecule has 4 nitrogen and oxygen atoms in total. The van der Waals surface area contributed by atoms with Crippen molar-refractivity contribution in [2.75, 3.05) is 6.54 Å². The molecule has 1 aliphatic rings. The van der Waals surface area contributed by atoms with Gasteiger partial charge < -0.3 is 9.88 Å². The van der Waals surface area contributed by atoms with Gasteiger partial charge in [0, 0.05) is 25.0 Å². The Hall–Kier alpha value is -1.81. The van der Waals surface area contributed by atoms with Gasteiger partial charge in [0.05, 0.1) is 5.69 Å². The summed E-state index contributed by atoms with van der Waals surface area (Å²) in [6, 6.07) is 8.90. The van der Waals surface area contributed by atoms with Crippen LogP contribution in [0.5, 0.6) is 0 Å². The summed E-state index contributed by atoms with van der Waals surface area (Å²) >= 11 is 0. The molecule has 0 aliphatic carbocycles. The second-order valence-corrected chi connectivity index (χ2v) is 5.67. The van der Waals surface area contributed by atoms with Crippen LogP contribution in [0, 0.1) is 6.92 Å². The van der Waals surface area contributed by atoms with E-state index in [2.05, 4.69) is 17.4 Å². The Morgan fingerprint density at radius 2 is 2.25 bits per heavy atom. The van der Waals surface area contributed by atoms with Crippen LogP contribution in [-0.2, 0) is 13.5 Å². The molecule has 1 aliphatic heterocycles. The highest BCUT2D eigenvalue weighted by atomic mass is 16.1. The van der Waals surface area contributed by atoms with Crippen LogP contribution in [0.25, 0.3) is 5.69 Å². The number of aryl methyl sites for hydroxylation is 2. The maximum absolute atomic E-state index is 12.2. The highest BCUT2D eigenvalue weighted by Gasteiger charge is 2.15. The predicted octanol–water partition coefficient (Wildman–Crippen LogP) is 1.78. The molecule has 4 heteroatoms. The fourth-order valence-electron chi connectivity index (χ4n) is 3.05. The molecule has 0 saturated carbocycles. The smallest absolute Gasteiger partial charge is 0.314 e. The molecule has 1 atom stereocenters. The molecule has 2 heterocycles. The van der Waals surface area contributed by atoms with Crippen molar-refractivity contribution < 1.29 is 0 Å².